The molecule has 0 unspecified atom stereocenters. The van der Waals surface area contributed by atoms with Crippen molar-refractivity contribution in [3.05, 3.63) is 60.2 Å². The van der Waals surface area contributed by atoms with Gasteiger partial charge in [0.05, 0.1) is 6.61 Å². The summed E-state index contributed by atoms with van der Waals surface area (Å²) in [6.07, 6.45) is 6.29. The van der Waals surface area contributed by atoms with E-state index in [2.05, 4.69) is 40.5 Å². The van der Waals surface area contributed by atoms with Crippen LogP contribution in [0.15, 0.2) is 59.5 Å². The Labute approximate surface area is 185 Å². The Morgan fingerprint density at radius 3 is 2.67 bits per heavy atom. The molecule has 1 heterocycles. The second kappa shape index (κ2) is 13.3. The van der Waals surface area contributed by atoms with Gasteiger partial charge in [0.25, 0.3) is 0 Å². The maximum atomic E-state index is 12.0. The Kier molecular flexibility index (Phi) is 10.1. The number of nitrogens with one attached hydrogen (secondary N) is 1. The van der Waals surface area contributed by atoms with Crippen molar-refractivity contribution in [2.24, 2.45) is 0 Å². The highest BCUT2D eigenvalue weighted by atomic mass is 32.2. The van der Waals surface area contributed by atoms with E-state index in [1.165, 1.54) is 42.8 Å². The average molecular weight is 427 g/mol. The molecule has 162 valence electrons. The number of hydrogen-bond acceptors (Lipinski definition) is 4. The second-order valence-corrected chi connectivity index (χ2v) is 8.97. The van der Waals surface area contributed by atoms with Gasteiger partial charge in [-0.25, -0.2) is 0 Å². The number of likely N-dealkylation sites (tertiary alicyclic amines) is 1. The van der Waals surface area contributed by atoms with Gasteiger partial charge in [-0.05, 0) is 74.4 Å². The largest absolute Gasteiger partial charge is 0.494 e. The van der Waals surface area contributed by atoms with Crippen LogP contribution < -0.4 is 10.1 Å². The first kappa shape index (κ1) is 22.7. The summed E-state index contributed by atoms with van der Waals surface area (Å²) in [7, 11) is 0. The molecule has 0 aromatic heterocycles. The molecule has 1 N–H and O–H groups in total. The predicted octanol–water partition coefficient (Wildman–Crippen LogP) is 5.13. The van der Waals surface area contributed by atoms with Gasteiger partial charge >= 0.3 is 0 Å². The summed E-state index contributed by atoms with van der Waals surface area (Å²) < 4.78 is 5.89. The highest BCUT2D eigenvalue weighted by Crippen LogP contribution is 2.19. The van der Waals surface area contributed by atoms with Crippen molar-refractivity contribution in [2.75, 3.05) is 32.0 Å². The maximum Gasteiger partial charge on any atom is 0.220 e. The van der Waals surface area contributed by atoms with Crippen LogP contribution in [0.2, 0.25) is 0 Å². The van der Waals surface area contributed by atoms with E-state index in [0.717, 1.165) is 30.9 Å². The summed E-state index contributed by atoms with van der Waals surface area (Å²) in [5.74, 6) is 2.02. The minimum absolute atomic E-state index is 0.132. The summed E-state index contributed by atoms with van der Waals surface area (Å²) >= 11 is 1.80. The third-order valence-electron chi connectivity index (χ3n) is 5.23. The fourth-order valence-corrected chi connectivity index (χ4v) is 4.50. The van der Waals surface area contributed by atoms with Gasteiger partial charge in [-0.15, -0.1) is 11.8 Å². The number of rotatable bonds is 12. The van der Waals surface area contributed by atoms with Gasteiger partial charge in [-0.2, -0.15) is 0 Å². The number of ether oxygens (including phenoxy) is 1. The molecule has 1 aliphatic rings. The Balaban J connectivity index is 1.23. The monoisotopic (exact) mass is 426 g/mol. The van der Waals surface area contributed by atoms with Gasteiger partial charge in [0, 0.05) is 24.4 Å². The van der Waals surface area contributed by atoms with Crippen LogP contribution in [0.3, 0.4) is 0 Å². The van der Waals surface area contributed by atoms with Gasteiger partial charge in [-0.3, -0.25) is 9.69 Å². The average Bonchev–Trinajstić information content (AvgIpc) is 2.78. The number of amides is 1. The van der Waals surface area contributed by atoms with Gasteiger partial charge in [-0.1, -0.05) is 36.8 Å². The molecular formula is C25H34N2O2S. The van der Waals surface area contributed by atoms with Crippen molar-refractivity contribution in [1.82, 2.24) is 10.2 Å². The molecule has 3 rings (SSSR count). The van der Waals surface area contributed by atoms with Gasteiger partial charge in [0.15, 0.2) is 0 Å². The number of hydrogen-bond donors (Lipinski definition) is 1. The quantitative estimate of drug-likeness (QED) is 0.377. The van der Waals surface area contributed by atoms with Crippen LogP contribution in [0.5, 0.6) is 5.75 Å². The van der Waals surface area contributed by atoms with Crippen molar-refractivity contribution >= 4 is 17.7 Å². The molecule has 0 spiro atoms. The van der Waals surface area contributed by atoms with Crippen LogP contribution in [0.1, 0.15) is 44.1 Å². The third kappa shape index (κ3) is 8.80. The van der Waals surface area contributed by atoms with Gasteiger partial charge in [0.2, 0.25) is 5.91 Å². The van der Waals surface area contributed by atoms with E-state index in [4.69, 9.17) is 4.74 Å². The lowest BCUT2D eigenvalue weighted by Gasteiger charge is -2.26. The molecule has 5 heteroatoms. The number of carbonyl (C=O) groups excluding carboxylic acids is 1. The van der Waals surface area contributed by atoms with E-state index < -0.39 is 0 Å². The highest BCUT2D eigenvalue weighted by Gasteiger charge is 2.10. The molecule has 4 nitrogen and oxygen atoms in total. The Hall–Kier alpha value is -1.98. The lowest BCUT2D eigenvalue weighted by Crippen LogP contribution is -2.29. The predicted molar refractivity (Wildman–Crippen MR) is 125 cm³/mol. The van der Waals surface area contributed by atoms with Crippen LogP contribution in [-0.2, 0) is 11.3 Å². The molecule has 2 aromatic rings. The third-order valence-corrected chi connectivity index (χ3v) is 6.32. The minimum Gasteiger partial charge on any atom is -0.494 e. The summed E-state index contributed by atoms with van der Waals surface area (Å²) in [5, 5.41) is 3.00. The first-order valence-electron chi connectivity index (χ1n) is 11.2. The lowest BCUT2D eigenvalue weighted by atomic mass is 10.1. The lowest BCUT2D eigenvalue weighted by molar-refractivity contribution is -0.121. The molecule has 1 aliphatic heterocycles. The summed E-state index contributed by atoms with van der Waals surface area (Å²) in [4.78, 5) is 15.7. The molecule has 0 bridgehead atoms. The fraction of sp³-hybridized carbons (Fsp3) is 0.480. The van der Waals surface area contributed by atoms with Crippen molar-refractivity contribution in [3.63, 3.8) is 0 Å². The van der Waals surface area contributed by atoms with E-state index in [0.29, 0.717) is 19.6 Å². The SMILES string of the molecule is O=C(CCCSc1ccccc1)NCCCOc1cccc(CN2CCCCC2)c1. The molecule has 1 fully saturated rings. The molecule has 0 aliphatic carbocycles. The smallest absolute Gasteiger partial charge is 0.220 e. The Morgan fingerprint density at radius 1 is 1.00 bits per heavy atom. The van der Waals surface area contributed by atoms with Crippen LogP contribution in [0.4, 0.5) is 0 Å². The number of thioether (sulfide) groups is 1. The molecule has 1 amide bonds. The molecular weight excluding hydrogens is 392 g/mol. The zero-order valence-electron chi connectivity index (χ0n) is 17.9. The van der Waals surface area contributed by atoms with Crippen LogP contribution >= 0.6 is 11.8 Å². The Bertz CT molecular complexity index is 748. The Morgan fingerprint density at radius 2 is 1.83 bits per heavy atom. The van der Waals surface area contributed by atoms with E-state index >= 15 is 0 Å². The van der Waals surface area contributed by atoms with Crippen molar-refractivity contribution in [3.8, 4) is 5.75 Å². The van der Waals surface area contributed by atoms with Crippen molar-refractivity contribution < 1.29 is 9.53 Å². The molecule has 0 radical (unpaired) electrons. The summed E-state index contributed by atoms with van der Waals surface area (Å²) in [6, 6.07) is 18.7. The number of carbonyl (C=O) groups is 1. The molecule has 2 aromatic carbocycles. The highest BCUT2D eigenvalue weighted by molar-refractivity contribution is 7.99. The summed E-state index contributed by atoms with van der Waals surface area (Å²) in [6.45, 7) is 4.71. The number of benzene rings is 2. The molecule has 0 saturated carbocycles. The number of nitrogens with zero attached hydrogens (tertiary/aromatic N) is 1. The molecule has 0 atom stereocenters. The molecule has 30 heavy (non-hydrogen) atoms. The van der Waals surface area contributed by atoms with Crippen LogP contribution in [-0.4, -0.2) is 42.8 Å². The fourth-order valence-electron chi connectivity index (χ4n) is 3.63. The molecule has 1 saturated heterocycles. The number of piperidine rings is 1. The van der Waals surface area contributed by atoms with Crippen LogP contribution in [0.25, 0.3) is 0 Å². The van der Waals surface area contributed by atoms with E-state index in [1.54, 1.807) is 11.8 Å². The summed E-state index contributed by atoms with van der Waals surface area (Å²) in [5.41, 5.74) is 1.32. The maximum absolute atomic E-state index is 12.0. The zero-order chi connectivity index (χ0) is 20.9. The zero-order valence-corrected chi connectivity index (χ0v) is 18.7. The van der Waals surface area contributed by atoms with Crippen molar-refractivity contribution in [1.29, 1.82) is 0 Å². The van der Waals surface area contributed by atoms with Gasteiger partial charge in [0.1, 0.15) is 5.75 Å². The normalized spacial score (nSPS) is 14.4. The standard InChI is InChI=1S/C25H34N2O2S/c28-25(14-8-19-30-24-12-3-1-4-13-24)26-15-9-18-29-23-11-7-10-22(20-23)21-27-16-5-2-6-17-27/h1,3-4,7,10-13,20H,2,5-6,8-9,14-19,21H2,(H,26,28). The first-order valence-corrected chi connectivity index (χ1v) is 12.2. The van der Waals surface area contributed by atoms with E-state index in [1.807, 2.05) is 24.3 Å². The second-order valence-electron chi connectivity index (χ2n) is 7.80. The van der Waals surface area contributed by atoms with E-state index in [9.17, 15) is 4.79 Å². The van der Waals surface area contributed by atoms with E-state index in [-0.39, 0.29) is 5.91 Å². The minimum atomic E-state index is 0.132. The first-order chi connectivity index (χ1) is 14.8. The van der Waals surface area contributed by atoms with Crippen LogP contribution in [0, 0.1) is 0 Å². The van der Waals surface area contributed by atoms with Gasteiger partial charge < -0.3 is 10.1 Å². The topological polar surface area (TPSA) is 41.6 Å². The van der Waals surface area contributed by atoms with Crippen molar-refractivity contribution in [2.45, 2.75) is 50.0 Å².